The van der Waals surface area contributed by atoms with Crippen LogP contribution in [0.3, 0.4) is 0 Å². The number of amides is 1. The van der Waals surface area contributed by atoms with Crippen molar-refractivity contribution in [3.8, 4) is 0 Å². The molecule has 1 amide bonds. The fourth-order valence-electron chi connectivity index (χ4n) is 1.84. The second kappa shape index (κ2) is 9.65. The summed E-state index contributed by atoms with van der Waals surface area (Å²) in [6.07, 6.45) is 0. The molecule has 0 aliphatic rings. The molecule has 0 bridgehead atoms. The highest BCUT2D eigenvalue weighted by Crippen LogP contribution is 2.29. The van der Waals surface area contributed by atoms with Crippen LogP contribution in [0.1, 0.15) is 10.4 Å². The van der Waals surface area contributed by atoms with Crippen molar-refractivity contribution in [1.82, 2.24) is 5.32 Å². The Kier molecular flexibility index (Phi) is 7.55. The van der Waals surface area contributed by atoms with E-state index in [0.717, 1.165) is 4.90 Å². The molecule has 25 heavy (non-hydrogen) atoms. The molecule has 132 valence electrons. The topological polar surface area (TPSA) is 55.4 Å². The van der Waals surface area contributed by atoms with Crippen LogP contribution in [-0.2, 0) is 9.53 Å². The van der Waals surface area contributed by atoms with Crippen molar-refractivity contribution in [2.24, 2.45) is 0 Å². The molecule has 0 aliphatic carbocycles. The molecule has 2 rings (SSSR count). The first kappa shape index (κ1) is 19.6. The smallest absolute Gasteiger partial charge is 0.325 e. The maximum absolute atomic E-state index is 13.4. The van der Waals surface area contributed by atoms with Gasteiger partial charge in [-0.3, -0.25) is 9.59 Å². The average Bonchev–Trinajstić information content (AvgIpc) is 2.60. The van der Waals surface area contributed by atoms with Gasteiger partial charge in [-0.2, -0.15) is 0 Å². The molecule has 8 heteroatoms. The SMILES string of the molecule is O=C(CNC(=O)c1ccccc1F)OCCSc1cc(Cl)ccc1Cl. The largest absolute Gasteiger partial charge is 0.463 e. The van der Waals surface area contributed by atoms with E-state index in [2.05, 4.69) is 5.32 Å². The number of ether oxygens (including phenoxy) is 1. The van der Waals surface area contributed by atoms with Crippen LogP contribution in [0.2, 0.25) is 10.0 Å². The van der Waals surface area contributed by atoms with Crippen molar-refractivity contribution in [1.29, 1.82) is 0 Å². The maximum Gasteiger partial charge on any atom is 0.325 e. The van der Waals surface area contributed by atoms with Gasteiger partial charge in [0.2, 0.25) is 0 Å². The summed E-state index contributed by atoms with van der Waals surface area (Å²) in [5.74, 6) is -1.45. The van der Waals surface area contributed by atoms with Crippen LogP contribution >= 0.6 is 35.0 Å². The Labute approximate surface area is 158 Å². The minimum absolute atomic E-state index is 0.124. The van der Waals surface area contributed by atoms with Gasteiger partial charge >= 0.3 is 5.97 Å². The summed E-state index contributed by atoms with van der Waals surface area (Å²) in [6.45, 7) is -0.197. The molecule has 0 aliphatic heterocycles. The number of hydrogen-bond acceptors (Lipinski definition) is 4. The van der Waals surface area contributed by atoms with Crippen LogP contribution < -0.4 is 5.32 Å². The number of thioether (sulfide) groups is 1. The zero-order chi connectivity index (χ0) is 18.2. The van der Waals surface area contributed by atoms with Crippen LogP contribution in [0, 0.1) is 5.82 Å². The van der Waals surface area contributed by atoms with E-state index in [4.69, 9.17) is 27.9 Å². The number of hydrogen-bond donors (Lipinski definition) is 1. The fraction of sp³-hybridized carbons (Fsp3) is 0.176. The monoisotopic (exact) mass is 401 g/mol. The van der Waals surface area contributed by atoms with E-state index in [1.165, 1.54) is 36.0 Å². The van der Waals surface area contributed by atoms with E-state index >= 15 is 0 Å². The fourth-order valence-corrected chi connectivity index (χ4v) is 3.16. The Bertz CT molecular complexity index is 773. The number of carbonyl (C=O) groups is 2. The van der Waals surface area contributed by atoms with Crippen LogP contribution in [0.5, 0.6) is 0 Å². The Hall–Kier alpha value is -1.76. The van der Waals surface area contributed by atoms with Gasteiger partial charge in [-0.15, -0.1) is 11.8 Å². The highest BCUT2D eigenvalue weighted by molar-refractivity contribution is 7.99. The molecule has 0 spiro atoms. The van der Waals surface area contributed by atoms with Gasteiger partial charge in [-0.25, -0.2) is 4.39 Å². The molecule has 0 unspecified atom stereocenters. The first-order valence-corrected chi connectivity index (χ1v) is 8.97. The lowest BCUT2D eigenvalue weighted by molar-refractivity contribution is -0.141. The van der Waals surface area contributed by atoms with Gasteiger partial charge in [0, 0.05) is 15.7 Å². The molecule has 0 fully saturated rings. The maximum atomic E-state index is 13.4. The zero-order valence-corrected chi connectivity index (χ0v) is 15.3. The number of nitrogens with one attached hydrogen (secondary N) is 1. The average molecular weight is 402 g/mol. The highest BCUT2D eigenvalue weighted by atomic mass is 35.5. The Morgan fingerprint density at radius 2 is 1.92 bits per heavy atom. The molecular weight excluding hydrogens is 388 g/mol. The Balaban J connectivity index is 1.70. The summed E-state index contributed by atoms with van der Waals surface area (Å²) >= 11 is 13.3. The minimum Gasteiger partial charge on any atom is -0.463 e. The highest BCUT2D eigenvalue weighted by Gasteiger charge is 2.12. The summed E-state index contributed by atoms with van der Waals surface area (Å²) in [4.78, 5) is 24.2. The summed E-state index contributed by atoms with van der Waals surface area (Å²) in [5.41, 5.74) is -0.124. The Morgan fingerprint density at radius 3 is 2.68 bits per heavy atom. The van der Waals surface area contributed by atoms with Gasteiger partial charge in [-0.1, -0.05) is 35.3 Å². The van der Waals surface area contributed by atoms with Crippen molar-refractivity contribution in [3.63, 3.8) is 0 Å². The molecule has 2 aromatic carbocycles. The second-order valence-corrected chi connectivity index (χ2v) is 6.79. The van der Waals surface area contributed by atoms with Crippen molar-refractivity contribution in [3.05, 3.63) is 63.9 Å². The summed E-state index contributed by atoms with van der Waals surface area (Å²) < 4.78 is 18.4. The quantitative estimate of drug-likeness (QED) is 0.429. The first-order chi connectivity index (χ1) is 12.0. The number of benzene rings is 2. The van der Waals surface area contributed by atoms with Crippen LogP contribution in [-0.4, -0.2) is 30.8 Å². The van der Waals surface area contributed by atoms with E-state index in [1.807, 2.05) is 0 Å². The van der Waals surface area contributed by atoms with E-state index in [9.17, 15) is 14.0 Å². The summed E-state index contributed by atoms with van der Waals surface area (Å²) in [5, 5.41) is 3.45. The van der Waals surface area contributed by atoms with Gasteiger partial charge in [0.15, 0.2) is 0 Å². The van der Waals surface area contributed by atoms with Gasteiger partial charge in [0.25, 0.3) is 5.91 Å². The van der Waals surface area contributed by atoms with Crippen molar-refractivity contribution >= 4 is 46.8 Å². The number of esters is 1. The molecule has 0 saturated carbocycles. The lowest BCUT2D eigenvalue weighted by atomic mass is 10.2. The number of rotatable bonds is 7. The number of carbonyl (C=O) groups excluding carboxylic acids is 2. The minimum atomic E-state index is -0.671. The van der Waals surface area contributed by atoms with Gasteiger partial charge < -0.3 is 10.1 Å². The summed E-state index contributed by atoms with van der Waals surface area (Å²) in [6, 6.07) is 10.6. The molecule has 0 radical (unpaired) electrons. The summed E-state index contributed by atoms with van der Waals surface area (Å²) in [7, 11) is 0. The molecule has 4 nitrogen and oxygen atoms in total. The van der Waals surface area contributed by atoms with Gasteiger partial charge in [0.1, 0.15) is 19.0 Å². The molecule has 2 aromatic rings. The van der Waals surface area contributed by atoms with E-state index in [0.29, 0.717) is 15.8 Å². The van der Waals surface area contributed by atoms with E-state index in [-0.39, 0.29) is 18.7 Å². The molecular formula is C17H14Cl2FNO3S. The third-order valence-corrected chi connectivity index (χ3v) is 4.71. The predicted octanol–water partition coefficient (Wildman–Crippen LogP) is 4.20. The van der Waals surface area contributed by atoms with Crippen LogP contribution in [0.4, 0.5) is 4.39 Å². The second-order valence-electron chi connectivity index (χ2n) is 4.81. The van der Waals surface area contributed by atoms with Crippen LogP contribution in [0.15, 0.2) is 47.4 Å². The first-order valence-electron chi connectivity index (χ1n) is 7.23. The zero-order valence-electron chi connectivity index (χ0n) is 12.9. The molecule has 0 heterocycles. The number of halogens is 3. The molecule has 0 aromatic heterocycles. The van der Waals surface area contributed by atoms with Crippen LogP contribution in [0.25, 0.3) is 0 Å². The van der Waals surface area contributed by atoms with Gasteiger partial charge in [0.05, 0.1) is 10.6 Å². The molecule has 0 saturated heterocycles. The molecule has 1 N–H and O–H groups in total. The third-order valence-electron chi connectivity index (χ3n) is 3.01. The Morgan fingerprint density at radius 1 is 1.16 bits per heavy atom. The third kappa shape index (κ3) is 6.23. The van der Waals surface area contributed by atoms with Crippen molar-refractivity contribution < 1.29 is 18.7 Å². The van der Waals surface area contributed by atoms with E-state index < -0.39 is 17.7 Å². The predicted molar refractivity (Wildman–Crippen MR) is 96.9 cm³/mol. The van der Waals surface area contributed by atoms with E-state index in [1.54, 1.807) is 18.2 Å². The van der Waals surface area contributed by atoms with Crippen molar-refractivity contribution in [2.45, 2.75) is 4.90 Å². The van der Waals surface area contributed by atoms with Crippen molar-refractivity contribution in [2.75, 3.05) is 18.9 Å². The molecule has 0 atom stereocenters. The lowest BCUT2D eigenvalue weighted by Gasteiger charge is -2.08. The normalized spacial score (nSPS) is 10.4. The lowest BCUT2D eigenvalue weighted by Crippen LogP contribution is -2.31. The van der Waals surface area contributed by atoms with Gasteiger partial charge in [-0.05, 0) is 30.3 Å². The standard InChI is InChI=1S/C17H14Cl2FNO3S/c18-11-5-6-13(19)15(9-11)25-8-7-24-16(22)10-21-17(23)12-3-1-2-4-14(12)20/h1-6,9H,7-8,10H2,(H,21,23).